The number of rotatable bonds is 2. The molecule has 2 rings (SSSR count). The molecule has 0 heterocycles. The molecule has 0 aliphatic heterocycles. The summed E-state index contributed by atoms with van der Waals surface area (Å²) in [5.74, 6) is -1.28. The summed E-state index contributed by atoms with van der Waals surface area (Å²) in [6.07, 6.45) is 0. The van der Waals surface area contributed by atoms with Crippen LogP contribution >= 0.6 is 0 Å². The van der Waals surface area contributed by atoms with Crippen molar-refractivity contribution in [2.24, 2.45) is 0 Å². The molecule has 2 aromatic rings. The summed E-state index contributed by atoms with van der Waals surface area (Å²) < 4.78 is 4.74. The van der Waals surface area contributed by atoms with E-state index in [0.29, 0.717) is 11.1 Å². The Labute approximate surface area is 155 Å². The topological polar surface area (TPSA) is 43.4 Å². The summed E-state index contributed by atoms with van der Waals surface area (Å²) in [5.41, 5.74) is 0.716. The Hall–Kier alpha value is -0.420. The number of ether oxygens (including phenoxy) is 1. The number of hydrogen-bond donors (Lipinski definition) is 0. The first-order valence-electron chi connectivity index (χ1n) is 5.14. The van der Waals surface area contributed by atoms with Crippen molar-refractivity contribution in [3.63, 3.8) is 0 Å². The molecule has 0 fully saturated rings. The Kier molecular flexibility index (Phi) is 9.27. The van der Waals surface area contributed by atoms with Gasteiger partial charge in [-0.1, -0.05) is 36.4 Å². The molecule has 0 saturated heterocycles. The van der Waals surface area contributed by atoms with E-state index in [4.69, 9.17) is 4.74 Å². The van der Waals surface area contributed by atoms with Crippen molar-refractivity contribution in [2.75, 3.05) is 0 Å². The Morgan fingerprint density at radius 1 is 0.632 bits per heavy atom. The van der Waals surface area contributed by atoms with Gasteiger partial charge in [0.15, 0.2) is 0 Å². The monoisotopic (exact) mass is 274 g/mol. The van der Waals surface area contributed by atoms with Gasteiger partial charge in [0.25, 0.3) is 0 Å². The molecule has 0 spiro atoms. The second-order valence-electron chi connectivity index (χ2n) is 3.41. The minimum absolute atomic E-state index is 0. The Bertz CT molecular complexity index is 477. The molecule has 0 N–H and O–H groups in total. The molecular weight excluding hydrogens is 262 g/mol. The van der Waals surface area contributed by atoms with Crippen LogP contribution < -0.4 is 0 Å². The molecule has 0 amide bonds. The first kappa shape index (κ1) is 18.6. The average Bonchev–Trinajstić information content (AvgIpc) is 2.40. The summed E-state index contributed by atoms with van der Waals surface area (Å²) in [7, 11) is 0. The van der Waals surface area contributed by atoms with E-state index in [9.17, 15) is 9.59 Å². The normalized spacial score (nSPS) is 8.63. The van der Waals surface area contributed by atoms with Crippen molar-refractivity contribution in [3.8, 4) is 0 Å². The Morgan fingerprint density at radius 2 is 0.947 bits per heavy atom. The van der Waals surface area contributed by atoms with Crippen LogP contribution in [0.1, 0.15) is 20.7 Å². The third-order valence-electron chi connectivity index (χ3n) is 2.20. The van der Waals surface area contributed by atoms with Crippen LogP contribution in [-0.2, 0) is 4.74 Å². The van der Waals surface area contributed by atoms with Gasteiger partial charge in [0.05, 0.1) is 11.1 Å². The van der Waals surface area contributed by atoms with Gasteiger partial charge in [-0.25, -0.2) is 9.59 Å². The van der Waals surface area contributed by atoms with E-state index in [-0.39, 0.29) is 59.1 Å². The molecule has 0 aliphatic rings. The first-order chi connectivity index (χ1) is 8.27. The van der Waals surface area contributed by atoms with Crippen LogP contribution in [0.4, 0.5) is 0 Å². The van der Waals surface area contributed by atoms with Gasteiger partial charge in [-0.2, -0.15) is 0 Å². The third kappa shape index (κ3) is 5.61. The van der Waals surface area contributed by atoms with Crippen LogP contribution in [0.5, 0.6) is 0 Å². The Balaban J connectivity index is 0.00000162. The molecule has 0 radical (unpaired) electrons. The third-order valence-corrected chi connectivity index (χ3v) is 2.20. The van der Waals surface area contributed by atoms with E-state index in [2.05, 4.69) is 0 Å². The minimum atomic E-state index is -0.639. The summed E-state index contributed by atoms with van der Waals surface area (Å²) in [5, 5.41) is 0. The predicted octanol–water partition coefficient (Wildman–Crippen LogP) is 1.39. The second-order valence-corrected chi connectivity index (χ2v) is 3.41. The fraction of sp³-hybridized carbons (Fsp3) is 0. The quantitative estimate of drug-likeness (QED) is 0.472. The van der Waals surface area contributed by atoms with Crippen molar-refractivity contribution in [1.82, 2.24) is 0 Å². The number of esters is 2. The number of carbonyl (C=O) groups is 2. The van der Waals surface area contributed by atoms with Gasteiger partial charge in [-0.3, -0.25) is 0 Å². The van der Waals surface area contributed by atoms with E-state index >= 15 is 0 Å². The van der Waals surface area contributed by atoms with Crippen LogP contribution in [0.3, 0.4) is 0 Å². The van der Waals surface area contributed by atoms with E-state index in [1.54, 1.807) is 60.7 Å². The van der Waals surface area contributed by atoms with Crippen LogP contribution in [0.2, 0.25) is 0 Å². The molecule has 0 saturated carbocycles. The molecule has 2 aromatic carbocycles. The van der Waals surface area contributed by atoms with Crippen molar-refractivity contribution in [3.05, 3.63) is 71.8 Å². The summed E-state index contributed by atoms with van der Waals surface area (Å²) in [6.45, 7) is 0. The van der Waals surface area contributed by atoms with Gasteiger partial charge in [0, 0.05) is 0 Å². The zero-order valence-electron chi connectivity index (χ0n) is 9.00. The van der Waals surface area contributed by atoms with Crippen molar-refractivity contribution in [1.29, 1.82) is 0 Å². The molecule has 88 valence electrons. The number of benzene rings is 2. The molecule has 0 aromatic heterocycles. The fourth-order valence-electron chi connectivity index (χ4n) is 1.35. The van der Waals surface area contributed by atoms with Crippen LogP contribution in [0.25, 0.3) is 0 Å². The molecule has 0 bridgehead atoms. The van der Waals surface area contributed by atoms with Gasteiger partial charge < -0.3 is 4.74 Å². The van der Waals surface area contributed by atoms with Crippen molar-refractivity contribution in [2.45, 2.75) is 0 Å². The standard InChI is InChI=1S/C14H10O3.2Na.2H/c15-13(11-7-3-1-4-8-11)17-14(16)12-9-5-2-6-10-12;;;;/h1-10H;;;;. The zero-order chi connectivity index (χ0) is 12.1. The SMILES string of the molecule is O=C(OC(=O)c1ccccc1)c1ccccc1.[NaH].[NaH]. The maximum absolute atomic E-state index is 11.6. The fourth-order valence-corrected chi connectivity index (χ4v) is 1.35. The molecule has 5 heteroatoms. The van der Waals surface area contributed by atoms with E-state index < -0.39 is 11.9 Å². The van der Waals surface area contributed by atoms with Crippen LogP contribution in [0, 0.1) is 0 Å². The van der Waals surface area contributed by atoms with Crippen molar-refractivity contribution < 1.29 is 14.3 Å². The van der Waals surface area contributed by atoms with Crippen molar-refractivity contribution >= 4 is 71.1 Å². The van der Waals surface area contributed by atoms with E-state index in [1.807, 2.05) is 0 Å². The molecule has 19 heavy (non-hydrogen) atoms. The molecular formula is C14H12Na2O3. The van der Waals surface area contributed by atoms with E-state index in [1.165, 1.54) is 0 Å². The summed E-state index contributed by atoms with van der Waals surface area (Å²) in [4.78, 5) is 23.2. The summed E-state index contributed by atoms with van der Waals surface area (Å²) >= 11 is 0. The molecule has 0 aliphatic carbocycles. The number of carbonyl (C=O) groups excluding carboxylic acids is 2. The van der Waals surface area contributed by atoms with Crippen LogP contribution in [-0.4, -0.2) is 71.1 Å². The van der Waals surface area contributed by atoms with Gasteiger partial charge >= 0.3 is 71.1 Å². The van der Waals surface area contributed by atoms with Gasteiger partial charge in [-0.05, 0) is 24.3 Å². The van der Waals surface area contributed by atoms with Gasteiger partial charge in [0.2, 0.25) is 0 Å². The second kappa shape index (κ2) is 9.48. The molecule has 0 unspecified atom stereocenters. The zero-order valence-corrected chi connectivity index (χ0v) is 9.00. The van der Waals surface area contributed by atoms with Crippen LogP contribution in [0.15, 0.2) is 60.7 Å². The Morgan fingerprint density at radius 3 is 1.26 bits per heavy atom. The van der Waals surface area contributed by atoms with E-state index in [0.717, 1.165) is 0 Å². The van der Waals surface area contributed by atoms with Gasteiger partial charge in [-0.15, -0.1) is 0 Å². The van der Waals surface area contributed by atoms with Gasteiger partial charge in [0.1, 0.15) is 0 Å². The first-order valence-corrected chi connectivity index (χ1v) is 5.14. The summed E-state index contributed by atoms with van der Waals surface area (Å²) in [6, 6.07) is 16.8. The average molecular weight is 274 g/mol. The molecule has 0 atom stereocenters. The number of hydrogen-bond acceptors (Lipinski definition) is 3. The predicted molar refractivity (Wildman–Crippen MR) is 76.9 cm³/mol. The molecule has 3 nitrogen and oxygen atoms in total. The maximum atomic E-state index is 11.6.